The SMILES string of the molecule is CCNC[C@@](O)(CCCCC[C@@H]1CC[C@@H]([C@@H]2CC[C@@H](O)[C@H](C)N2)[C@H](CC=O)C1)CC(=O)O. The van der Waals surface area contributed by atoms with E-state index in [1.807, 2.05) is 13.8 Å². The number of carbonyl (C=O) groups is 2. The fourth-order valence-corrected chi connectivity index (χ4v) is 5.98. The minimum atomic E-state index is -1.17. The van der Waals surface area contributed by atoms with Crippen molar-refractivity contribution in [3.8, 4) is 0 Å². The second-order valence-corrected chi connectivity index (χ2v) is 10.4. The third kappa shape index (κ3) is 8.73. The molecular formula is C25H46N2O5. The van der Waals surface area contributed by atoms with Crippen LogP contribution in [-0.2, 0) is 9.59 Å². The highest BCUT2D eigenvalue weighted by Crippen LogP contribution is 2.41. The third-order valence-corrected chi connectivity index (χ3v) is 7.83. The summed E-state index contributed by atoms with van der Waals surface area (Å²) in [7, 11) is 0. The van der Waals surface area contributed by atoms with E-state index in [2.05, 4.69) is 10.6 Å². The number of piperidine rings is 1. The van der Waals surface area contributed by atoms with Crippen LogP contribution in [0.1, 0.15) is 90.9 Å². The first-order valence-electron chi connectivity index (χ1n) is 12.8. The molecule has 0 bridgehead atoms. The average molecular weight is 455 g/mol. The van der Waals surface area contributed by atoms with Crippen molar-refractivity contribution in [2.75, 3.05) is 13.1 Å². The van der Waals surface area contributed by atoms with Crippen molar-refractivity contribution >= 4 is 12.3 Å². The number of hydrogen-bond acceptors (Lipinski definition) is 6. The van der Waals surface area contributed by atoms with E-state index in [-0.39, 0.29) is 18.6 Å². The van der Waals surface area contributed by atoms with Crippen LogP contribution < -0.4 is 10.6 Å². The molecule has 0 amide bonds. The highest BCUT2D eigenvalue weighted by atomic mass is 16.4. The molecule has 2 aliphatic rings. The van der Waals surface area contributed by atoms with Crippen LogP contribution in [0.25, 0.3) is 0 Å². The van der Waals surface area contributed by atoms with Gasteiger partial charge in [0.25, 0.3) is 0 Å². The van der Waals surface area contributed by atoms with Crippen LogP contribution in [0.2, 0.25) is 0 Å². The Morgan fingerprint density at radius 3 is 2.62 bits per heavy atom. The van der Waals surface area contributed by atoms with Crippen LogP contribution >= 0.6 is 0 Å². The molecule has 2 rings (SSSR count). The van der Waals surface area contributed by atoms with E-state index in [1.165, 1.54) is 6.42 Å². The molecule has 1 heterocycles. The van der Waals surface area contributed by atoms with Gasteiger partial charge in [0.1, 0.15) is 6.29 Å². The Bertz CT molecular complexity index is 575. The molecule has 1 saturated carbocycles. The van der Waals surface area contributed by atoms with Crippen LogP contribution in [0.4, 0.5) is 0 Å². The summed E-state index contributed by atoms with van der Waals surface area (Å²) in [5.41, 5.74) is -1.17. The van der Waals surface area contributed by atoms with Crippen LogP contribution in [0.15, 0.2) is 0 Å². The molecule has 5 N–H and O–H groups in total. The fraction of sp³-hybridized carbons (Fsp3) is 0.920. The second-order valence-electron chi connectivity index (χ2n) is 10.4. The maximum atomic E-state index is 11.3. The molecule has 0 aromatic heterocycles. The summed E-state index contributed by atoms with van der Waals surface area (Å²) in [6.45, 7) is 5.02. The number of carboxylic acids is 1. The zero-order chi connectivity index (χ0) is 23.6. The lowest BCUT2D eigenvalue weighted by atomic mass is 9.67. The molecule has 186 valence electrons. The molecule has 7 heteroatoms. The number of carboxylic acid groups (broad SMARTS) is 1. The quantitative estimate of drug-likeness (QED) is 0.202. The summed E-state index contributed by atoms with van der Waals surface area (Å²) in [4.78, 5) is 22.4. The number of aldehydes is 1. The molecule has 1 saturated heterocycles. The van der Waals surface area contributed by atoms with E-state index in [1.54, 1.807) is 0 Å². The van der Waals surface area contributed by atoms with E-state index in [4.69, 9.17) is 5.11 Å². The van der Waals surface area contributed by atoms with Crippen molar-refractivity contribution < 1.29 is 24.9 Å². The van der Waals surface area contributed by atoms with Crippen LogP contribution in [0.3, 0.4) is 0 Å². The van der Waals surface area contributed by atoms with Gasteiger partial charge < -0.3 is 30.7 Å². The molecule has 1 aliphatic heterocycles. The smallest absolute Gasteiger partial charge is 0.306 e. The highest BCUT2D eigenvalue weighted by Gasteiger charge is 2.38. The Morgan fingerprint density at radius 2 is 1.97 bits per heavy atom. The third-order valence-electron chi connectivity index (χ3n) is 7.83. The van der Waals surface area contributed by atoms with Crippen molar-refractivity contribution in [2.45, 2.75) is 115 Å². The van der Waals surface area contributed by atoms with Crippen LogP contribution in [-0.4, -0.2) is 64.5 Å². The number of aliphatic carboxylic acids is 1. The summed E-state index contributed by atoms with van der Waals surface area (Å²) in [6.07, 6.45) is 11.0. The van der Waals surface area contributed by atoms with Gasteiger partial charge in [-0.05, 0) is 63.3 Å². The summed E-state index contributed by atoms with van der Waals surface area (Å²) < 4.78 is 0. The maximum absolute atomic E-state index is 11.3. The number of aliphatic hydroxyl groups excluding tert-OH is 1. The lowest BCUT2D eigenvalue weighted by Gasteiger charge is -2.44. The summed E-state index contributed by atoms with van der Waals surface area (Å²) in [5, 5.41) is 36.4. The van der Waals surface area contributed by atoms with Gasteiger partial charge in [0.05, 0.1) is 18.1 Å². The molecule has 32 heavy (non-hydrogen) atoms. The largest absolute Gasteiger partial charge is 0.481 e. The molecule has 1 aliphatic carbocycles. The van der Waals surface area contributed by atoms with Gasteiger partial charge in [0.2, 0.25) is 0 Å². The fourth-order valence-electron chi connectivity index (χ4n) is 5.98. The molecule has 0 aromatic carbocycles. The Balaban J connectivity index is 1.75. The Kier molecular flexibility index (Phi) is 11.6. The molecule has 0 unspecified atom stereocenters. The first-order valence-corrected chi connectivity index (χ1v) is 12.8. The van der Waals surface area contributed by atoms with Gasteiger partial charge in [0.15, 0.2) is 0 Å². The molecule has 0 aromatic rings. The molecule has 0 radical (unpaired) electrons. The number of aliphatic hydroxyl groups is 2. The van der Waals surface area contributed by atoms with Gasteiger partial charge in [-0.3, -0.25) is 4.79 Å². The minimum absolute atomic E-state index is 0.121. The molecule has 0 spiro atoms. The number of hydrogen-bond donors (Lipinski definition) is 5. The zero-order valence-corrected chi connectivity index (χ0v) is 20.1. The van der Waals surface area contributed by atoms with Crippen molar-refractivity contribution in [3.05, 3.63) is 0 Å². The molecule has 7 nitrogen and oxygen atoms in total. The number of rotatable bonds is 14. The average Bonchev–Trinajstić information content (AvgIpc) is 2.74. The van der Waals surface area contributed by atoms with Crippen molar-refractivity contribution in [1.29, 1.82) is 0 Å². The maximum Gasteiger partial charge on any atom is 0.306 e. The summed E-state index contributed by atoms with van der Waals surface area (Å²) >= 11 is 0. The monoisotopic (exact) mass is 454 g/mol. The Morgan fingerprint density at radius 1 is 1.19 bits per heavy atom. The Labute approximate surface area is 193 Å². The highest BCUT2D eigenvalue weighted by molar-refractivity contribution is 5.68. The Hall–Kier alpha value is -1.02. The number of likely N-dealkylation sites (N-methyl/N-ethyl adjacent to an activating group) is 1. The lowest BCUT2D eigenvalue weighted by Crippen LogP contribution is -2.53. The van der Waals surface area contributed by atoms with Crippen molar-refractivity contribution in [2.24, 2.45) is 17.8 Å². The molecular weight excluding hydrogens is 408 g/mol. The van der Waals surface area contributed by atoms with Crippen molar-refractivity contribution in [1.82, 2.24) is 10.6 Å². The molecule has 7 atom stereocenters. The topological polar surface area (TPSA) is 119 Å². The van der Waals surface area contributed by atoms with Gasteiger partial charge in [-0.25, -0.2) is 0 Å². The lowest BCUT2D eigenvalue weighted by molar-refractivity contribution is -0.142. The first kappa shape index (κ1) is 27.2. The van der Waals surface area contributed by atoms with Gasteiger partial charge in [0, 0.05) is 25.0 Å². The van der Waals surface area contributed by atoms with E-state index < -0.39 is 11.6 Å². The number of nitrogens with one attached hydrogen (secondary N) is 2. The van der Waals surface area contributed by atoms with Gasteiger partial charge in [-0.15, -0.1) is 0 Å². The van der Waals surface area contributed by atoms with Crippen molar-refractivity contribution in [3.63, 3.8) is 0 Å². The van der Waals surface area contributed by atoms with Gasteiger partial charge in [-0.2, -0.15) is 0 Å². The van der Waals surface area contributed by atoms with E-state index in [0.717, 1.165) is 57.7 Å². The normalized spacial score (nSPS) is 32.9. The van der Waals surface area contributed by atoms with E-state index in [9.17, 15) is 19.8 Å². The van der Waals surface area contributed by atoms with Gasteiger partial charge >= 0.3 is 5.97 Å². The summed E-state index contributed by atoms with van der Waals surface area (Å²) in [6, 6.07) is 0.526. The van der Waals surface area contributed by atoms with E-state index in [0.29, 0.717) is 49.7 Å². The minimum Gasteiger partial charge on any atom is -0.481 e. The van der Waals surface area contributed by atoms with E-state index >= 15 is 0 Å². The van der Waals surface area contributed by atoms with Crippen LogP contribution in [0.5, 0.6) is 0 Å². The number of carbonyl (C=O) groups excluding carboxylic acids is 1. The first-order chi connectivity index (χ1) is 15.3. The second kappa shape index (κ2) is 13.6. The predicted octanol–water partition coefficient (Wildman–Crippen LogP) is 2.88. The van der Waals surface area contributed by atoms with Gasteiger partial charge in [-0.1, -0.05) is 39.0 Å². The zero-order valence-electron chi connectivity index (χ0n) is 20.1. The van der Waals surface area contributed by atoms with Crippen LogP contribution in [0, 0.1) is 17.8 Å². The summed E-state index contributed by atoms with van der Waals surface area (Å²) in [5.74, 6) is 0.623. The standard InChI is InChI=1S/C25H46N2O5/c1-3-26-17-25(32,16-24(30)31)13-6-4-5-7-19-8-9-21(20(15-19)12-14-28)22-10-11-23(29)18(2)27-22/h14,18-23,26-27,29,32H,3-13,15-17H2,1-2H3,(H,30,31)/t18-,19+,20+,21+,22-,23+,25+/m0/s1. The predicted molar refractivity (Wildman–Crippen MR) is 125 cm³/mol. The molecule has 2 fully saturated rings. The number of unbranched alkanes of at least 4 members (excludes halogenated alkanes) is 2.